The van der Waals surface area contributed by atoms with Gasteiger partial charge in [-0.2, -0.15) is 0 Å². The van der Waals surface area contributed by atoms with E-state index < -0.39 is 0 Å². The van der Waals surface area contributed by atoms with E-state index in [2.05, 4.69) is 15.1 Å². The first-order valence-electron chi connectivity index (χ1n) is 11.4. The zero-order valence-electron chi connectivity index (χ0n) is 18.6. The summed E-state index contributed by atoms with van der Waals surface area (Å²) in [5.41, 5.74) is 3.64. The van der Waals surface area contributed by atoms with Crippen LogP contribution in [-0.2, 0) is 0 Å². The number of nitro benzene ring substituents is 1. The lowest BCUT2D eigenvalue weighted by Crippen LogP contribution is -2.46. The van der Waals surface area contributed by atoms with Crippen LogP contribution in [0, 0.1) is 10.1 Å². The number of benzene rings is 3. The van der Waals surface area contributed by atoms with Gasteiger partial charge >= 0.3 is 0 Å². The minimum Gasteiger partial charge on any atom is -0.396 e. The lowest BCUT2D eigenvalue weighted by molar-refractivity contribution is -0.384. The van der Waals surface area contributed by atoms with E-state index in [4.69, 9.17) is 5.11 Å². The van der Waals surface area contributed by atoms with Crippen LogP contribution in [0.25, 0.3) is 0 Å². The Morgan fingerprint density at radius 3 is 2.06 bits per heavy atom. The molecule has 4 rings (SSSR count). The van der Waals surface area contributed by atoms with Gasteiger partial charge in [0.2, 0.25) is 0 Å². The molecule has 0 aromatic heterocycles. The molecule has 1 saturated heterocycles. The highest BCUT2D eigenvalue weighted by molar-refractivity contribution is 5.70. The van der Waals surface area contributed by atoms with Gasteiger partial charge in [0.05, 0.1) is 11.0 Å². The van der Waals surface area contributed by atoms with Gasteiger partial charge in [0, 0.05) is 51.1 Å². The van der Waals surface area contributed by atoms with E-state index in [1.807, 2.05) is 72.8 Å². The lowest BCUT2D eigenvalue weighted by atomic mass is 9.98. The van der Waals surface area contributed by atoms with Crippen molar-refractivity contribution >= 4 is 17.1 Å². The predicted molar refractivity (Wildman–Crippen MR) is 132 cm³/mol. The molecule has 0 unspecified atom stereocenters. The number of hydrogen-bond acceptors (Lipinski definition) is 6. The van der Waals surface area contributed by atoms with Gasteiger partial charge in [0.1, 0.15) is 5.69 Å². The summed E-state index contributed by atoms with van der Waals surface area (Å²) in [4.78, 5) is 16.1. The minimum atomic E-state index is -0.327. The van der Waals surface area contributed by atoms with Crippen molar-refractivity contribution in [3.63, 3.8) is 0 Å². The summed E-state index contributed by atoms with van der Waals surface area (Å²) in [7, 11) is 0. The number of nitrogens with one attached hydrogen (secondary N) is 1. The van der Waals surface area contributed by atoms with Crippen molar-refractivity contribution < 1.29 is 10.0 Å². The molecule has 33 heavy (non-hydrogen) atoms. The molecule has 1 aliphatic rings. The smallest absolute Gasteiger partial charge is 0.292 e. The van der Waals surface area contributed by atoms with Crippen LogP contribution in [0.4, 0.5) is 17.1 Å². The highest BCUT2D eigenvalue weighted by Crippen LogP contribution is 2.35. The summed E-state index contributed by atoms with van der Waals surface area (Å²) >= 11 is 0. The average Bonchev–Trinajstić information content (AvgIpc) is 2.87. The van der Waals surface area contributed by atoms with E-state index in [0.717, 1.165) is 56.0 Å². The second kappa shape index (κ2) is 10.9. The standard InChI is InChI=1S/C26H30N4O3/c31-19-7-14-28-15-17-29(18-16-28)23-12-13-25(30(32)33)24(20-23)27-26(21-8-3-1-4-9-21)22-10-5-2-6-11-22/h1-6,8-13,20,26-27,31H,7,14-19H2. The van der Waals surface area contributed by atoms with Gasteiger partial charge in [0.15, 0.2) is 0 Å². The Balaban J connectivity index is 1.61. The quantitative estimate of drug-likeness (QED) is 0.377. The minimum absolute atomic E-state index is 0.0668. The molecule has 1 aliphatic heterocycles. The Morgan fingerprint density at radius 1 is 0.909 bits per heavy atom. The second-order valence-electron chi connectivity index (χ2n) is 8.26. The van der Waals surface area contributed by atoms with Crippen molar-refractivity contribution in [1.82, 2.24) is 4.90 Å². The number of aliphatic hydroxyl groups excluding tert-OH is 1. The molecule has 0 spiro atoms. The molecule has 1 fully saturated rings. The molecule has 7 heteroatoms. The molecule has 0 atom stereocenters. The van der Waals surface area contributed by atoms with Crippen molar-refractivity contribution in [3.05, 3.63) is 100 Å². The maximum Gasteiger partial charge on any atom is 0.292 e. The number of rotatable bonds is 9. The molecule has 7 nitrogen and oxygen atoms in total. The van der Waals surface area contributed by atoms with Gasteiger partial charge in [-0.1, -0.05) is 60.7 Å². The van der Waals surface area contributed by atoms with Crippen LogP contribution in [0.2, 0.25) is 0 Å². The maximum absolute atomic E-state index is 11.8. The fraction of sp³-hybridized carbons (Fsp3) is 0.308. The first-order valence-corrected chi connectivity index (χ1v) is 11.4. The molecular weight excluding hydrogens is 416 g/mol. The van der Waals surface area contributed by atoms with E-state index in [1.165, 1.54) is 0 Å². The van der Waals surface area contributed by atoms with Crippen molar-refractivity contribution in [3.8, 4) is 0 Å². The summed E-state index contributed by atoms with van der Waals surface area (Å²) in [6.07, 6.45) is 0.784. The zero-order valence-corrected chi connectivity index (χ0v) is 18.6. The summed E-state index contributed by atoms with van der Waals surface area (Å²) in [6, 6.07) is 25.1. The van der Waals surface area contributed by atoms with E-state index in [1.54, 1.807) is 6.07 Å². The Labute approximate surface area is 194 Å². The fourth-order valence-electron chi connectivity index (χ4n) is 4.33. The highest BCUT2D eigenvalue weighted by Gasteiger charge is 2.23. The van der Waals surface area contributed by atoms with Crippen LogP contribution in [0.5, 0.6) is 0 Å². The number of piperazine rings is 1. The van der Waals surface area contributed by atoms with Gasteiger partial charge < -0.3 is 15.3 Å². The van der Waals surface area contributed by atoms with Crippen LogP contribution >= 0.6 is 0 Å². The molecule has 172 valence electrons. The summed E-state index contributed by atoms with van der Waals surface area (Å²) in [5, 5.41) is 24.4. The Kier molecular flexibility index (Phi) is 7.55. The Bertz CT molecular complexity index is 998. The largest absolute Gasteiger partial charge is 0.396 e. The zero-order chi connectivity index (χ0) is 23.0. The summed E-state index contributed by atoms with van der Waals surface area (Å²) in [5.74, 6) is 0. The molecule has 0 aliphatic carbocycles. The van der Waals surface area contributed by atoms with E-state index in [0.29, 0.717) is 5.69 Å². The number of nitro groups is 1. The Morgan fingerprint density at radius 2 is 1.52 bits per heavy atom. The molecule has 0 bridgehead atoms. The number of aliphatic hydroxyl groups is 1. The van der Waals surface area contributed by atoms with E-state index >= 15 is 0 Å². The average molecular weight is 447 g/mol. The van der Waals surface area contributed by atoms with Crippen molar-refractivity contribution in [2.75, 3.05) is 49.5 Å². The summed E-state index contributed by atoms with van der Waals surface area (Å²) in [6.45, 7) is 4.63. The molecule has 2 N–H and O–H groups in total. The fourth-order valence-corrected chi connectivity index (χ4v) is 4.33. The van der Waals surface area contributed by atoms with Crippen LogP contribution in [0.15, 0.2) is 78.9 Å². The Hall–Kier alpha value is -3.42. The monoisotopic (exact) mass is 446 g/mol. The highest BCUT2D eigenvalue weighted by atomic mass is 16.6. The number of hydrogen-bond donors (Lipinski definition) is 2. The third-order valence-corrected chi connectivity index (χ3v) is 6.11. The second-order valence-corrected chi connectivity index (χ2v) is 8.26. The van der Waals surface area contributed by atoms with Crippen LogP contribution < -0.4 is 10.2 Å². The SMILES string of the molecule is O=[N+]([O-])c1ccc(N2CCN(CCCO)CC2)cc1NC(c1ccccc1)c1ccccc1. The molecular formula is C26H30N4O3. The molecule has 0 saturated carbocycles. The van der Waals surface area contributed by atoms with E-state index in [-0.39, 0.29) is 23.3 Å². The summed E-state index contributed by atoms with van der Waals surface area (Å²) < 4.78 is 0. The van der Waals surface area contributed by atoms with Gasteiger partial charge in [-0.05, 0) is 29.7 Å². The van der Waals surface area contributed by atoms with Gasteiger partial charge in [-0.25, -0.2) is 0 Å². The number of nitrogens with zero attached hydrogens (tertiary/aromatic N) is 3. The van der Waals surface area contributed by atoms with Gasteiger partial charge in [-0.3, -0.25) is 15.0 Å². The van der Waals surface area contributed by atoms with Gasteiger partial charge in [-0.15, -0.1) is 0 Å². The molecule has 0 amide bonds. The van der Waals surface area contributed by atoms with Crippen molar-refractivity contribution in [2.24, 2.45) is 0 Å². The third kappa shape index (κ3) is 5.69. The maximum atomic E-state index is 11.8. The molecule has 1 heterocycles. The third-order valence-electron chi connectivity index (χ3n) is 6.11. The van der Waals surface area contributed by atoms with Gasteiger partial charge in [0.25, 0.3) is 5.69 Å². The van der Waals surface area contributed by atoms with E-state index in [9.17, 15) is 10.1 Å². The van der Waals surface area contributed by atoms with Crippen LogP contribution in [0.3, 0.4) is 0 Å². The van der Waals surface area contributed by atoms with Crippen molar-refractivity contribution in [2.45, 2.75) is 12.5 Å². The predicted octanol–water partition coefficient (Wildman–Crippen LogP) is 4.30. The normalized spacial score (nSPS) is 14.4. The van der Waals surface area contributed by atoms with Crippen molar-refractivity contribution in [1.29, 1.82) is 0 Å². The molecule has 0 radical (unpaired) electrons. The topological polar surface area (TPSA) is 81.9 Å². The molecule has 3 aromatic rings. The first kappa shape index (κ1) is 22.8. The van der Waals surface area contributed by atoms with Crippen LogP contribution in [-0.4, -0.2) is 54.3 Å². The number of anilines is 2. The lowest BCUT2D eigenvalue weighted by Gasteiger charge is -2.36. The molecule has 3 aromatic carbocycles. The van der Waals surface area contributed by atoms with Crippen LogP contribution in [0.1, 0.15) is 23.6 Å². The first-order chi connectivity index (χ1) is 16.2.